The number of benzene rings is 1. The number of ether oxygens (including phenoxy) is 2. The number of alkyl halides is 4. The maximum Gasteiger partial charge on any atom is 0.340 e. The molecule has 0 atom stereocenters. The summed E-state index contributed by atoms with van der Waals surface area (Å²) in [7, 11) is 0. The predicted octanol–water partition coefficient (Wildman–Crippen LogP) is 4.33. The number of pyridine rings is 1. The third-order valence-corrected chi connectivity index (χ3v) is 4.82. The number of urea groups is 1. The van der Waals surface area contributed by atoms with Gasteiger partial charge in [-0.3, -0.25) is 0 Å². The number of amides is 2. The first-order chi connectivity index (χ1) is 14.7. The zero-order valence-electron chi connectivity index (χ0n) is 16.2. The van der Waals surface area contributed by atoms with Crippen LogP contribution < -0.4 is 15.4 Å². The molecule has 6 nitrogen and oxygen atoms in total. The lowest BCUT2D eigenvalue weighted by molar-refractivity contribution is -0.148. The second kappa shape index (κ2) is 9.46. The summed E-state index contributed by atoms with van der Waals surface area (Å²) in [4.78, 5) is 16.3. The fourth-order valence-electron chi connectivity index (χ4n) is 3.13. The number of aromatic nitrogens is 1. The van der Waals surface area contributed by atoms with Gasteiger partial charge in [0.2, 0.25) is 5.88 Å². The van der Waals surface area contributed by atoms with Crippen LogP contribution in [0.1, 0.15) is 18.4 Å². The molecule has 0 saturated carbocycles. The van der Waals surface area contributed by atoms with Gasteiger partial charge < -0.3 is 20.1 Å². The highest BCUT2D eigenvalue weighted by Gasteiger charge is 2.42. The third kappa shape index (κ3) is 5.81. The normalized spacial score (nSPS) is 16.1. The van der Waals surface area contributed by atoms with Crippen molar-refractivity contribution >= 4 is 11.7 Å². The molecule has 1 aliphatic rings. The molecule has 1 aromatic carbocycles. The molecular weight excluding hydrogens is 425 g/mol. The summed E-state index contributed by atoms with van der Waals surface area (Å²) in [5.41, 5.74) is 0.203. The van der Waals surface area contributed by atoms with Crippen LogP contribution in [0.2, 0.25) is 0 Å². The summed E-state index contributed by atoms with van der Waals surface area (Å²) in [6.07, 6.45) is -1.75. The van der Waals surface area contributed by atoms with Gasteiger partial charge in [0.05, 0.1) is 17.4 Å². The molecule has 0 radical (unpaired) electrons. The van der Waals surface area contributed by atoms with Gasteiger partial charge in [-0.1, -0.05) is 12.1 Å². The van der Waals surface area contributed by atoms with Crippen LogP contribution in [0.5, 0.6) is 5.88 Å². The summed E-state index contributed by atoms with van der Waals surface area (Å²) in [6.45, 7) is -0.698. The highest BCUT2D eigenvalue weighted by Crippen LogP contribution is 2.32. The quantitative estimate of drug-likeness (QED) is 0.623. The molecule has 2 heterocycles. The van der Waals surface area contributed by atoms with Gasteiger partial charge in [0.1, 0.15) is 5.82 Å². The van der Waals surface area contributed by atoms with E-state index < -0.39 is 36.3 Å². The molecule has 168 valence electrons. The molecule has 1 aliphatic heterocycles. The Bertz CT molecular complexity index is 873. The highest BCUT2D eigenvalue weighted by atomic mass is 19.3. The third-order valence-electron chi connectivity index (χ3n) is 4.82. The molecular formula is C20H20F5N3O3. The summed E-state index contributed by atoms with van der Waals surface area (Å²) in [5.74, 6) is -4.98. The lowest BCUT2D eigenvalue weighted by Crippen LogP contribution is -2.50. The fourth-order valence-corrected chi connectivity index (χ4v) is 3.13. The van der Waals surface area contributed by atoms with Gasteiger partial charge >= 0.3 is 18.4 Å². The van der Waals surface area contributed by atoms with Crippen molar-refractivity contribution in [1.29, 1.82) is 0 Å². The summed E-state index contributed by atoms with van der Waals surface area (Å²) in [5, 5.41) is 5.46. The molecule has 1 aromatic heterocycles. The van der Waals surface area contributed by atoms with Crippen molar-refractivity contribution in [3.63, 3.8) is 0 Å². The van der Waals surface area contributed by atoms with E-state index in [0.29, 0.717) is 26.1 Å². The molecule has 2 amide bonds. The predicted molar refractivity (Wildman–Crippen MR) is 101 cm³/mol. The SMILES string of the molecule is O=C(Nc1ccc(OCC(F)(F)C(F)F)nc1)NC1(c2ccc(F)cc2)CCOCC1. The van der Waals surface area contributed by atoms with Gasteiger partial charge in [-0.25, -0.2) is 22.9 Å². The molecule has 0 spiro atoms. The van der Waals surface area contributed by atoms with E-state index in [9.17, 15) is 26.7 Å². The van der Waals surface area contributed by atoms with Crippen LogP contribution in [0.3, 0.4) is 0 Å². The molecule has 2 aromatic rings. The van der Waals surface area contributed by atoms with E-state index in [1.807, 2.05) is 0 Å². The number of nitrogens with zero attached hydrogens (tertiary/aromatic N) is 1. The summed E-state index contributed by atoms with van der Waals surface area (Å²) < 4.78 is 73.4. The van der Waals surface area contributed by atoms with Crippen molar-refractivity contribution in [2.24, 2.45) is 0 Å². The highest BCUT2D eigenvalue weighted by molar-refractivity contribution is 5.89. The fraction of sp³-hybridized carbons (Fsp3) is 0.400. The van der Waals surface area contributed by atoms with E-state index >= 15 is 0 Å². The Kier molecular flexibility index (Phi) is 6.94. The average molecular weight is 445 g/mol. The van der Waals surface area contributed by atoms with Crippen molar-refractivity contribution < 1.29 is 36.2 Å². The zero-order valence-corrected chi connectivity index (χ0v) is 16.2. The molecule has 1 fully saturated rings. The molecule has 0 unspecified atom stereocenters. The minimum absolute atomic E-state index is 0.229. The number of hydrogen-bond acceptors (Lipinski definition) is 4. The molecule has 11 heteroatoms. The smallest absolute Gasteiger partial charge is 0.340 e. The van der Waals surface area contributed by atoms with Gasteiger partial charge in [-0.15, -0.1) is 0 Å². The number of anilines is 1. The number of halogens is 5. The van der Waals surface area contributed by atoms with Crippen molar-refractivity contribution in [2.75, 3.05) is 25.1 Å². The first kappa shape index (κ1) is 22.7. The van der Waals surface area contributed by atoms with Gasteiger partial charge in [0.15, 0.2) is 6.61 Å². The van der Waals surface area contributed by atoms with Crippen molar-refractivity contribution in [1.82, 2.24) is 10.3 Å². The van der Waals surface area contributed by atoms with Crippen LogP contribution >= 0.6 is 0 Å². The summed E-state index contributed by atoms with van der Waals surface area (Å²) in [6, 6.07) is 7.76. The lowest BCUT2D eigenvalue weighted by atomic mass is 9.83. The van der Waals surface area contributed by atoms with Crippen molar-refractivity contribution in [3.8, 4) is 5.88 Å². The van der Waals surface area contributed by atoms with Crippen LogP contribution in [-0.2, 0) is 10.3 Å². The van der Waals surface area contributed by atoms with Crippen LogP contribution in [0.25, 0.3) is 0 Å². The minimum atomic E-state index is -4.29. The van der Waals surface area contributed by atoms with Gasteiger partial charge in [0, 0.05) is 19.3 Å². The van der Waals surface area contributed by atoms with Crippen LogP contribution in [0.4, 0.5) is 32.4 Å². The van der Waals surface area contributed by atoms with Crippen LogP contribution in [-0.4, -0.2) is 43.2 Å². The Labute approximate surface area is 174 Å². The molecule has 1 saturated heterocycles. The van der Waals surface area contributed by atoms with Gasteiger partial charge in [-0.2, -0.15) is 8.78 Å². The maximum atomic E-state index is 13.3. The lowest BCUT2D eigenvalue weighted by Gasteiger charge is -2.38. The molecule has 3 rings (SSSR count). The Morgan fingerprint density at radius 1 is 1.16 bits per heavy atom. The Morgan fingerprint density at radius 3 is 2.42 bits per heavy atom. The van der Waals surface area contributed by atoms with E-state index in [1.165, 1.54) is 24.3 Å². The van der Waals surface area contributed by atoms with Crippen molar-refractivity contribution in [2.45, 2.75) is 30.7 Å². The number of nitrogens with one attached hydrogen (secondary N) is 2. The minimum Gasteiger partial charge on any atom is -0.471 e. The Balaban J connectivity index is 1.63. The first-order valence-electron chi connectivity index (χ1n) is 9.38. The monoisotopic (exact) mass is 445 g/mol. The Hall–Kier alpha value is -2.95. The molecule has 2 N–H and O–H groups in total. The number of hydrogen-bond donors (Lipinski definition) is 2. The van der Waals surface area contributed by atoms with E-state index in [2.05, 4.69) is 20.4 Å². The van der Waals surface area contributed by atoms with Crippen molar-refractivity contribution in [3.05, 3.63) is 54.0 Å². The standard InChI is InChI=1S/C20H20F5N3O3/c21-14-3-1-13(2-4-14)19(7-9-30-10-8-19)28-18(29)27-15-5-6-16(26-11-15)31-12-20(24,25)17(22)23/h1-6,11,17H,7-10,12H2,(H2,27,28,29). The number of carbonyl (C=O) groups excluding carboxylic acids is 1. The molecule has 0 aliphatic carbocycles. The second-order valence-electron chi connectivity index (χ2n) is 7.02. The topological polar surface area (TPSA) is 72.5 Å². The molecule has 0 bridgehead atoms. The van der Waals surface area contributed by atoms with Gasteiger partial charge in [0.25, 0.3) is 0 Å². The zero-order chi connectivity index (χ0) is 22.5. The second-order valence-corrected chi connectivity index (χ2v) is 7.02. The maximum absolute atomic E-state index is 13.3. The first-order valence-corrected chi connectivity index (χ1v) is 9.38. The average Bonchev–Trinajstić information content (AvgIpc) is 2.74. The Morgan fingerprint density at radius 2 is 1.84 bits per heavy atom. The van der Waals surface area contributed by atoms with Gasteiger partial charge in [-0.05, 0) is 36.6 Å². The van der Waals surface area contributed by atoms with E-state index in [4.69, 9.17) is 4.74 Å². The van der Waals surface area contributed by atoms with E-state index in [-0.39, 0.29) is 11.6 Å². The number of carbonyl (C=O) groups is 1. The number of rotatable bonds is 7. The van der Waals surface area contributed by atoms with E-state index in [0.717, 1.165) is 11.8 Å². The van der Waals surface area contributed by atoms with Crippen LogP contribution in [0.15, 0.2) is 42.6 Å². The van der Waals surface area contributed by atoms with Crippen LogP contribution in [0, 0.1) is 5.82 Å². The molecule has 31 heavy (non-hydrogen) atoms. The summed E-state index contributed by atoms with van der Waals surface area (Å²) >= 11 is 0. The van der Waals surface area contributed by atoms with E-state index in [1.54, 1.807) is 12.1 Å². The largest absolute Gasteiger partial charge is 0.471 e.